The predicted octanol–water partition coefficient (Wildman–Crippen LogP) is 5.01. The van der Waals surface area contributed by atoms with Crippen molar-refractivity contribution < 1.29 is 18.7 Å². The number of nitriles is 1. The molecule has 1 amide bonds. The van der Waals surface area contributed by atoms with E-state index in [1.165, 1.54) is 12.1 Å². The highest BCUT2D eigenvalue weighted by molar-refractivity contribution is 6.01. The van der Waals surface area contributed by atoms with Crippen molar-refractivity contribution in [2.24, 2.45) is 0 Å². The molecule has 2 aromatic carbocycles. The first-order chi connectivity index (χ1) is 16.9. The van der Waals surface area contributed by atoms with Gasteiger partial charge in [-0.2, -0.15) is 5.26 Å². The van der Waals surface area contributed by atoms with E-state index in [1.807, 2.05) is 50.2 Å². The Morgan fingerprint density at radius 2 is 1.97 bits per heavy atom. The number of amides is 1. The fourth-order valence-corrected chi connectivity index (χ4v) is 4.18. The second-order valence-corrected chi connectivity index (χ2v) is 8.59. The molecular formula is C28H28FN3O3. The van der Waals surface area contributed by atoms with Crippen molar-refractivity contribution in [1.82, 2.24) is 9.88 Å². The van der Waals surface area contributed by atoms with Crippen LogP contribution >= 0.6 is 0 Å². The Morgan fingerprint density at radius 1 is 1.23 bits per heavy atom. The number of carbonyl (C=O) groups is 1. The topological polar surface area (TPSA) is 76.3 Å². The lowest BCUT2D eigenvalue weighted by Crippen LogP contribution is -2.32. The van der Waals surface area contributed by atoms with E-state index in [-0.39, 0.29) is 17.5 Å². The van der Waals surface area contributed by atoms with Crippen molar-refractivity contribution in [2.45, 2.75) is 39.4 Å². The van der Waals surface area contributed by atoms with E-state index >= 15 is 0 Å². The van der Waals surface area contributed by atoms with E-state index in [2.05, 4.69) is 9.88 Å². The van der Waals surface area contributed by atoms with Crippen molar-refractivity contribution in [3.8, 4) is 17.5 Å². The van der Waals surface area contributed by atoms with E-state index in [0.717, 1.165) is 47.7 Å². The van der Waals surface area contributed by atoms with Crippen LogP contribution in [0, 0.1) is 31.0 Å². The average molecular weight is 474 g/mol. The Balaban J connectivity index is 1.45. The fourth-order valence-electron chi connectivity index (χ4n) is 4.18. The van der Waals surface area contributed by atoms with Gasteiger partial charge < -0.3 is 19.4 Å². The lowest BCUT2D eigenvalue weighted by atomic mass is 10.1. The number of carbonyl (C=O) groups excluding carboxylic acids is 1. The van der Waals surface area contributed by atoms with Gasteiger partial charge in [0.2, 0.25) is 0 Å². The number of hydrogen-bond donors (Lipinski definition) is 1. The number of halogens is 1. The number of aryl methyl sites for hydroxylation is 1. The van der Waals surface area contributed by atoms with E-state index in [1.54, 1.807) is 18.2 Å². The summed E-state index contributed by atoms with van der Waals surface area (Å²) in [5.74, 6) is 0.0387. The van der Waals surface area contributed by atoms with Crippen LogP contribution in [0.5, 0.6) is 5.75 Å². The van der Waals surface area contributed by atoms with Crippen LogP contribution in [0.1, 0.15) is 35.4 Å². The first-order valence-electron chi connectivity index (χ1n) is 11.6. The molecule has 0 radical (unpaired) electrons. The van der Waals surface area contributed by atoms with Gasteiger partial charge in [0.05, 0.1) is 6.10 Å². The van der Waals surface area contributed by atoms with Gasteiger partial charge in [0, 0.05) is 30.2 Å². The summed E-state index contributed by atoms with van der Waals surface area (Å²) >= 11 is 0. The zero-order valence-electron chi connectivity index (χ0n) is 19.9. The number of nitrogens with zero attached hydrogens (tertiary/aromatic N) is 2. The summed E-state index contributed by atoms with van der Waals surface area (Å²) in [6.07, 6.45) is 3.56. The van der Waals surface area contributed by atoms with Gasteiger partial charge in [-0.1, -0.05) is 12.1 Å². The number of aromatic nitrogens is 1. The standard InChI is InChI=1S/C28H28FN3O3/c1-19-14-22(15-23(16-30)28(33)31-17-27-4-3-13-34-27)20(2)32(19)25-9-11-26(12-10-25)35-18-21-5-7-24(29)8-6-21/h5-12,14-15,27H,3-4,13,17-18H2,1-2H3,(H,31,33)/b23-15-/t27-/m1/s1. The number of benzene rings is 2. The smallest absolute Gasteiger partial charge is 0.262 e. The molecule has 0 bridgehead atoms. The minimum Gasteiger partial charge on any atom is -0.489 e. The third-order valence-corrected chi connectivity index (χ3v) is 6.06. The largest absolute Gasteiger partial charge is 0.489 e. The van der Waals surface area contributed by atoms with Gasteiger partial charge in [0.15, 0.2) is 0 Å². The maximum Gasteiger partial charge on any atom is 0.262 e. The lowest BCUT2D eigenvalue weighted by molar-refractivity contribution is -0.117. The molecule has 1 aliphatic heterocycles. The van der Waals surface area contributed by atoms with Crippen LogP contribution in [0.25, 0.3) is 11.8 Å². The van der Waals surface area contributed by atoms with Gasteiger partial charge in [-0.15, -0.1) is 0 Å². The molecule has 0 saturated carbocycles. The molecule has 6 nitrogen and oxygen atoms in total. The fraction of sp³-hybridized carbons (Fsp3) is 0.286. The van der Waals surface area contributed by atoms with Gasteiger partial charge >= 0.3 is 0 Å². The maximum atomic E-state index is 13.1. The number of hydrogen-bond acceptors (Lipinski definition) is 4. The summed E-state index contributed by atoms with van der Waals surface area (Å²) in [6.45, 7) is 5.41. The third kappa shape index (κ3) is 5.97. The van der Waals surface area contributed by atoms with E-state index < -0.39 is 5.91 Å². The summed E-state index contributed by atoms with van der Waals surface area (Å²) < 4.78 is 26.5. The van der Waals surface area contributed by atoms with E-state index in [0.29, 0.717) is 18.9 Å². The third-order valence-electron chi connectivity index (χ3n) is 6.06. The van der Waals surface area contributed by atoms with Crippen molar-refractivity contribution in [3.63, 3.8) is 0 Å². The minimum atomic E-state index is -0.393. The Hall–Kier alpha value is -3.89. The first kappa shape index (κ1) is 24.2. The highest BCUT2D eigenvalue weighted by Crippen LogP contribution is 2.25. The van der Waals surface area contributed by atoms with Gasteiger partial charge in [0.25, 0.3) is 5.91 Å². The molecule has 1 fully saturated rings. The molecule has 1 atom stereocenters. The van der Waals surface area contributed by atoms with Crippen LogP contribution in [0.15, 0.2) is 60.2 Å². The minimum absolute atomic E-state index is 0.0200. The molecular weight excluding hydrogens is 445 g/mol. The number of nitrogens with one attached hydrogen (secondary N) is 1. The normalized spacial score (nSPS) is 15.6. The summed E-state index contributed by atoms with van der Waals surface area (Å²) in [7, 11) is 0. The van der Waals surface area contributed by atoms with Gasteiger partial charge in [0.1, 0.15) is 29.8 Å². The summed E-state index contributed by atoms with van der Waals surface area (Å²) in [4.78, 5) is 12.5. The van der Waals surface area contributed by atoms with Crippen LogP contribution < -0.4 is 10.1 Å². The Labute approximate surface area is 204 Å². The van der Waals surface area contributed by atoms with Crippen LogP contribution in [-0.2, 0) is 16.1 Å². The van der Waals surface area contributed by atoms with Crippen LogP contribution in [-0.4, -0.2) is 29.7 Å². The molecule has 1 aliphatic rings. The Kier molecular flexibility index (Phi) is 7.64. The molecule has 1 aromatic heterocycles. The SMILES string of the molecule is Cc1cc(/C=C(/C#N)C(=O)NC[C@H]2CCCO2)c(C)n1-c1ccc(OCc2ccc(F)cc2)cc1. The monoisotopic (exact) mass is 473 g/mol. The van der Waals surface area contributed by atoms with Crippen LogP contribution in [0.2, 0.25) is 0 Å². The number of rotatable bonds is 8. The van der Waals surface area contributed by atoms with Crippen molar-refractivity contribution in [1.29, 1.82) is 5.26 Å². The van der Waals surface area contributed by atoms with E-state index in [9.17, 15) is 14.4 Å². The Bertz CT molecular complexity index is 1250. The molecule has 4 rings (SSSR count). The van der Waals surface area contributed by atoms with Crippen molar-refractivity contribution >= 4 is 12.0 Å². The molecule has 3 aromatic rings. The summed E-state index contributed by atoms with van der Waals surface area (Å²) in [6, 6.07) is 17.9. The second-order valence-electron chi connectivity index (χ2n) is 8.59. The van der Waals surface area contributed by atoms with Gasteiger partial charge in [-0.25, -0.2) is 4.39 Å². The molecule has 1 N–H and O–H groups in total. The lowest BCUT2D eigenvalue weighted by Gasteiger charge is -2.12. The molecule has 180 valence electrons. The highest BCUT2D eigenvalue weighted by Gasteiger charge is 2.18. The number of ether oxygens (including phenoxy) is 2. The zero-order chi connectivity index (χ0) is 24.8. The zero-order valence-corrected chi connectivity index (χ0v) is 19.9. The molecule has 0 aliphatic carbocycles. The van der Waals surface area contributed by atoms with Crippen LogP contribution in [0.4, 0.5) is 4.39 Å². The average Bonchev–Trinajstić information content (AvgIpc) is 3.48. The predicted molar refractivity (Wildman–Crippen MR) is 132 cm³/mol. The molecule has 0 spiro atoms. The van der Waals surface area contributed by atoms with Crippen molar-refractivity contribution in [2.75, 3.05) is 13.2 Å². The van der Waals surface area contributed by atoms with Crippen LogP contribution in [0.3, 0.4) is 0 Å². The Morgan fingerprint density at radius 3 is 2.63 bits per heavy atom. The summed E-state index contributed by atoms with van der Waals surface area (Å²) in [5.41, 5.74) is 4.59. The van der Waals surface area contributed by atoms with Crippen molar-refractivity contribution in [3.05, 3.63) is 88.5 Å². The molecule has 35 heavy (non-hydrogen) atoms. The quantitative estimate of drug-likeness (QED) is 0.368. The highest BCUT2D eigenvalue weighted by atomic mass is 19.1. The summed E-state index contributed by atoms with van der Waals surface area (Å²) in [5, 5.41) is 12.4. The first-order valence-corrected chi connectivity index (χ1v) is 11.6. The molecule has 0 unspecified atom stereocenters. The maximum absolute atomic E-state index is 13.1. The molecule has 2 heterocycles. The van der Waals surface area contributed by atoms with E-state index in [4.69, 9.17) is 9.47 Å². The van der Waals surface area contributed by atoms with Gasteiger partial charge in [-0.3, -0.25) is 4.79 Å². The molecule has 7 heteroatoms. The second kappa shape index (κ2) is 11.0. The van der Waals surface area contributed by atoms with Gasteiger partial charge in [-0.05, 0) is 86.4 Å². The molecule has 1 saturated heterocycles.